The summed E-state index contributed by atoms with van der Waals surface area (Å²) in [6, 6.07) is 8.65. The maximum Gasteiger partial charge on any atom is 0.251 e. The van der Waals surface area contributed by atoms with Crippen LogP contribution in [-0.2, 0) is 9.59 Å². The lowest BCUT2D eigenvalue weighted by molar-refractivity contribution is -0.135. The van der Waals surface area contributed by atoms with Crippen molar-refractivity contribution in [1.29, 1.82) is 0 Å². The Morgan fingerprint density at radius 2 is 1.86 bits per heavy atom. The molecule has 1 aromatic rings. The van der Waals surface area contributed by atoms with Gasteiger partial charge in [0.1, 0.15) is 0 Å². The van der Waals surface area contributed by atoms with E-state index in [4.69, 9.17) is 0 Å². The first-order valence-corrected chi connectivity index (χ1v) is 7.10. The van der Waals surface area contributed by atoms with Crippen molar-refractivity contribution in [3.05, 3.63) is 35.9 Å². The minimum Gasteiger partial charge on any atom is -0.352 e. The third kappa shape index (κ3) is 3.68. The van der Waals surface area contributed by atoms with Crippen molar-refractivity contribution in [2.24, 2.45) is 5.92 Å². The van der Waals surface area contributed by atoms with E-state index in [1.807, 2.05) is 18.2 Å². The summed E-state index contributed by atoms with van der Waals surface area (Å²) in [5.41, 5.74) is 0.613. The Labute approximate surface area is 124 Å². The van der Waals surface area contributed by atoms with Crippen molar-refractivity contribution in [1.82, 2.24) is 10.2 Å². The number of nitrogens with zero attached hydrogens (tertiary/aromatic N) is 1. The van der Waals surface area contributed by atoms with Crippen molar-refractivity contribution in [3.8, 4) is 0 Å². The van der Waals surface area contributed by atoms with E-state index in [2.05, 4.69) is 5.32 Å². The predicted octanol–water partition coefficient (Wildman–Crippen LogP) is 1.24. The van der Waals surface area contributed by atoms with Crippen molar-refractivity contribution in [3.63, 3.8) is 0 Å². The van der Waals surface area contributed by atoms with Crippen LogP contribution >= 0.6 is 0 Å². The molecule has 21 heavy (non-hydrogen) atoms. The summed E-state index contributed by atoms with van der Waals surface area (Å²) in [4.78, 5) is 36.7. The van der Waals surface area contributed by atoms with Crippen molar-refractivity contribution in [2.45, 2.75) is 26.3 Å². The smallest absolute Gasteiger partial charge is 0.251 e. The molecule has 0 radical (unpaired) electrons. The second-order valence-electron chi connectivity index (χ2n) is 5.48. The van der Waals surface area contributed by atoms with Crippen molar-refractivity contribution < 1.29 is 14.4 Å². The first-order valence-electron chi connectivity index (χ1n) is 7.10. The van der Waals surface area contributed by atoms with Crippen LogP contribution in [0.5, 0.6) is 0 Å². The quantitative estimate of drug-likeness (QED) is 0.906. The molecule has 1 aliphatic rings. The highest BCUT2D eigenvalue weighted by Crippen LogP contribution is 2.23. The molecule has 1 heterocycles. The SMILES string of the molecule is CC(=O)[C@@H]1CC(CNC(=O)c2ccccc2)CN1C(C)=O. The Hall–Kier alpha value is -2.17. The molecule has 1 saturated heterocycles. The summed E-state index contributed by atoms with van der Waals surface area (Å²) >= 11 is 0. The highest BCUT2D eigenvalue weighted by molar-refractivity contribution is 5.94. The number of nitrogens with one attached hydrogen (secondary N) is 1. The number of carbonyl (C=O) groups excluding carboxylic acids is 3. The number of hydrogen-bond donors (Lipinski definition) is 1. The van der Waals surface area contributed by atoms with E-state index in [-0.39, 0.29) is 29.6 Å². The van der Waals surface area contributed by atoms with Gasteiger partial charge in [0.05, 0.1) is 6.04 Å². The van der Waals surface area contributed by atoms with Crippen LogP contribution in [0.3, 0.4) is 0 Å². The maximum absolute atomic E-state index is 12.0. The van der Waals surface area contributed by atoms with Gasteiger partial charge in [-0.15, -0.1) is 0 Å². The number of ketones is 1. The number of likely N-dealkylation sites (tertiary alicyclic amines) is 1. The molecule has 2 rings (SSSR count). The van der Waals surface area contributed by atoms with E-state index in [0.29, 0.717) is 25.1 Å². The largest absolute Gasteiger partial charge is 0.352 e. The minimum absolute atomic E-state index is 0.00193. The van der Waals surface area contributed by atoms with Gasteiger partial charge in [0, 0.05) is 25.6 Å². The minimum atomic E-state index is -0.346. The van der Waals surface area contributed by atoms with Gasteiger partial charge in [-0.2, -0.15) is 0 Å². The highest BCUT2D eigenvalue weighted by atomic mass is 16.2. The summed E-state index contributed by atoms with van der Waals surface area (Å²) in [6.07, 6.45) is 0.615. The number of benzene rings is 1. The molecule has 0 aromatic heterocycles. The van der Waals surface area contributed by atoms with Crippen LogP contribution in [0, 0.1) is 5.92 Å². The van der Waals surface area contributed by atoms with Crippen LogP contribution in [0.1, 0.15) is 30.6 Å². The van der Waals surface area contributed by atoms with Gasteiger partial charge in [-0.05, 0) is 31.4 Å². The lowest BCUT2D eigenvalue weighted by Gasteiger charge is -2.20. The normalized spacial score (nSPS) is 21.1. The van der Waals surface area contributed by atoms with Crippen molar-refractivity contribution in [2.75, 3.05) is 13.1 Å². The van der Waals surface area contributed by atoms with Gasteiger partial charge in [0.25, 0.3) is 5.91 Å². The monoisotopic (exact) mass is 288 g/mol. The van der Waals surface area contributed by atoms with Crippen LogP contribution in [0.15, 0.2) is 30.3 Å². The van der Waals surface area contributed by atoms with Crippen LogP contribution in [0.25, 0.3) is 0 Å². The number of Topliss-reactive ketones (excluding diaryl/α,β-unsaturated/α-hetero) is 1. The molecule has 5 nitrogen and oxygen atoms in total. The average Bonchev–Trinajstić information content (AvgIpc) is 2.90. The molecule has 1 N–H and O–H groups in total. The van der Waals surface area contributed by atoms with Crippen LogP contribution in [0.4, 0.5) is 0 Å². The molecule has 1 aliphatic heterocycles. The van der Waals surface area contributed by atoms with E-state index in [1.165, 1.54) is 13.8 Å². The van der Waals surface area contributed by atoms with Crippen LogP contribution < -0.4 is 5.32 Å². The first kappa shape index (κ1) is 15.2. The highest BCUT2D eigenvalue weighted by Gasteiger charge is 2.36. The summed E-state index contributed by atoms with van der Waals surface area (Å²) in [5.74, 6) is -0.0964. The van der Waals surface area contributed by atoms with Crippen molar-refractivity contribution >= 4 is 17.6 Å². The number of hydrogen-bond acceptors (Lipinski definition) is 3. The Balaban J connectivity index is 1.91. The van der Waals surface area contributed by atoms with E-state index < -0.39 is 0 Å². The zero-order chi connectivity index (χ0) is 15.4. The molecular weight excluding hydrogens is 268 g/mol. The van der Waals surface area contributed by atoms with E-state index in [1.54, 1.807) is 17.0 Å². The Morgan fingerprint density at radius 1 is 1.19 bits per heavy atom. The van der Waals surface area contributed by atoms with Gasteiger partial charge >= 0.3 is 0 Å². The summed E-state index contributed by atoms with van der Waals surface area (Å²) < 4.78 is 0. The lowest BCUT2D eigenvalue weighted by atomic mass is 10.0. The van der Waals surface area contributed by atoms with E-state index in [9.17, 15) is 14.4 Å². The van der Waals surface area contributed by atoms with Gasteiger partial charge in [0.2, 0.25) is 5.91 Å². The van der Waals surface area contributed by atoms with E-state index >= 15 is 0 Å². The molecular formula is C16H20N2O3. The number of carbonyl (C=O) groups is 3. The first-order chi connectivity index (χ1) is 9.99. The third-order valence-electron chi connectivity index (χ3n) is 3.85. The fourth-order valence-electron chi connectivity index (χ4n) is 2.73. The zero-order valence-corrected chi connectivity index (χ0v) is 12.3. The molecule has 0 spiro atoms. The standard InChI is InChI=1S/C16H20N2O3/c1-11(19)15-8-13(10-18(15)12(2)20)9-17-16(21)14-6-4-3-5-7-14/h3-7,13,15H,8-10H2,1-2H3,(H,17,21)/t13?,15-/m0/s1. The molecule has 1 fully saturated rings. The fraction of sp³-hybridized carbons (Fsp3) is 0.438. The number of rotatable bonds is 4. The molecule has 0 aliphatic carbocycles. The molecule has 0 saturated carbocycles. The third-order valence-corrected chi connectivity index (χ3v) is 3.85. The molecule has 1 unspecified atom stereocenters. The van der Waals surface area contributed by atoms with Gasteiger partial charge in [-0.1, -0.05) is 18.2 Å². The second-order valence-corrected chi connectivity index (χ2v) is 5.48. The van der Waals surface area contributed by atoms with Gasteiger partial charge in [-0.3, -0.25) is 14.4 Å². The molecule has 1 aromatic carbocycles. The topological polar surface area (TPSA) is 66.5 Å². The number of amides is 2. The van der Waals surface area contributed by atoms with Crippen LogP contribution in [0.2, 0.25) is 0 Å². The predicted molar refractivity (Wildman–Crippen MR) is 78.7 cm³/mol. The summed E-state index contributed by atoms with van der Waals surface area (Å²) in [5, 5.41) is 2.87. The molecule has 112 valence electrons. The lowest BCUT2D eigenvalue weighted by Crippen LogP contribution is -2.38. The molecule has 2 amide bonds. The Bertz CT molecular complexity index is 520. The van der Waals surface area contributed by atoms with Gasteiger partial charge < -0.3 is 10.2 Å². The average molecular weight is 288 g/mol. The van der Waals surface area contributed by atoms with E-state index in [0.717, 1.165) is 0 Å². The van der Waals surface area contributed by atoms with Gasteiger partial charge in [0.15, 0.2) is 5.78 Å². The zero-order valence-electron chi connectivity index (χ0n) is 12.3. The fourth-order valence-corrected chi connectivity index (χ4v) is 2.73. The Kier molecular flexibility index (Phi) is 4.73. The molecule has 2 atom stereocenters. The van der Waals surface area contributed by atoms with Gasteiger partial charge in [-0.25, -0.2) is 0 Å². The second kappa shape index (κ2) is 6.52. The molecule has 5 heteroatoms. The maximum atomic E-state index is 12.0. The Morgan fingerprint density at radius 3 is 2.38 bits per heavy atom. The summed E-state index contributed by atoms with van der Waals surface area (Å²) in [6.45, 7) is 3.97. The van der Waals surface area contributed by atoms with Crippen LogP contribution in [-0.4, -0.2) is 41.6 Å². The summed E-state index contributed by atoms with van der Waals surface area (Å²) in [7, 11) is 0. The molecule has 0 bridgehead atoms.